The molecule has 0 spiro atoms. The Hall–Kier alpha value is -2.60. The van der Waals surface area contributed by atoms with Crippen LogP contribution in [0.15, 0.2) is 58.6 Å². The van der Waals surface area contributed by atoms with E-state index in [-0.39, 0.29) is 18.0 Å². The van der Waals surface area contributed by atoms with E-state index in [0.29, 0.717) is 5.75 Å². The van der Waals surface area contributed by atoms with E-state index >= 15 is 0 Å². The van der Waals surface area contributed by atoms with Crippen LogP contribution in [0.2, 0.25) is 0 Å². The van der Waals surface area contributed by atoms with Crippen molar-refractivity contribution in [2.75, 3.05) is 10.7 Å². The van der Waals surface area contributed by atoms with Gasteiger partial charge in [0, 0.05) is 29.9 Å². The molecule has 1 amide bonds. The fraction of sp³-hybridized carbons (Fsp3) is 0.286. The minimum absolute atomic E-state index is 0.124. The third kappa shape index (κ3) is 2.75. The molecule has 0 aliphatic carbocycles. The Labute approximate surface area is 162 Å². The predicted molar refractivity (Wildman–Crippen MR) is 111 cm³/mol. The van der Waals surface area contributed by atoms with E-state index < -0.39 is 0 Å². The summed E-state index contributed by atoms with van der Waals surface area (Å²) in [7, 11) is 0. The monoisotopic (exact) mass is 376 g/mol. The van der Waals surface area contributed by atoms with Crippen LogP contribution in [0.5, 0.6) is 0 Å². The lowest BCUT2D eigenvalue weighted by atomic mass is 10.0. The van der Waals surface area contributed by atoms with Crippen LogP contribution in [0.3, 0.4) is 0 Å². The second-order valence-corrected chi connectivity index (χ2v) is 8.02. The zero-order valence-corrected chi connectivity index (χ0v) is 15.9. The smallest absolute Gasteiger partial charge is 0.237 e. The first kappa shape index (κ1) is 16.6. The summed E-state index contributed by atoms with van der Waals surface area (Å²) >= 11 is 1.48. The van der Waals surface area contributed by atoms with Crippen LogP contribution >= 0.6 is 11.8 Å². The van der Waals surface area contributed by atoms with Gasteiger partial charge in [0.2, 0.25) is 5.91 Å². The highest BCUT2D eigenvalue weighted by molar-refractivity contribution is 8.14. The predicted octanol–water partition coefficient (Wildman–Crippen LogP) is 4.13. The second-order valence-electron chi connectivity index (χ2n) is 7.08. The lowest BCUT2D eigenvalue weighted by Gasteiger charge is -2.30. The van der Waals surface area contributed by atoms with Crippen molar-refractivity contribution >= 4 is 40.4 Å². The van der Waals surface area contributed by atoms with Gasteiger partial charge in [0.1, 0.15) is 0 Å². The van der Waals surface area contributed by atoms with Crippen molar-refractivity contribution in [2.24, 2.45) is 10.1 Å². The van der Waals surface area contributed by atoms with Gasteiger partial charge in [-0.15, -0.1) is 0 Å². The molecule has 3 aliphatic rings. The first-order valence-electron chi connectivity index (χ1n) is 9.24. The molecule has 0 saturated heterocycles. The number of amidine groups is 1. The Morgan fingerprint density at radius 1 is 1.19 bits per heavy atom. The van der Waals surface area contributed by atoms with Gasteiger partial charge in [0.25, 0.3) is 0 Å². The molecular formula is C21H20N4OS. The van der Waals surface area contributed by atoms with Gasteiger partial charge in [-0.1, -0.05) is 48.2 Å². The molecule has 2 aromatic carbocycles. The summed E-state index contributed by atoms with van der Waals surface area (Å²) in [6.45, 7) is 2.11. The quantitative estimate of drug-likeness (QED) is 0.792. The average molecular weight is 376 g/mol. The summed E-state index contributed by atoms with van der Waals surface area (Å²) in [4.78, 5) is 19.7. The fourth-order valence-corrected chi connectivity index (χ4v) is 4.98. The fourth-order valence-electron chi connectivity index (χ4n) is 4.12. The van der Waals surface area contributed by atoms with Crippen molar-refractivity contribution in [1.82, 2.24) is 5.01 Å². The number of benzene rings is 2. The Morgan fingerprint density at radius 3 is 2.93 bits per heavy atom. The van der Waals surface area contributed by atoms with E-state index in [1.165, 1.54) is 22.9 Å². The number of rotatable bonds is 2. The highest BCUT2D eigenvalue weighted by Crippen LogP contribution is 2.41. The topological polar surface area (TPSA) is 48.3 Å². The summed E-state index contributed by atoms with van der Waals surface area (Å²) in [6, 6.07) is 16.8. The maximum Gasteiger partial charge on any atom is 0.237 e. The van der Waals surface area contributed by atoms with Crippen LogP contribution in [0, 0.1) is 0 Å². The maximum atomic E-state index is 13.0. The number of para-hydroxylation sites is 2. The first-order chi connectivity index (χ1) is 13.2. The number of carbonyl (C=O) groups is 1. The standard InChI is InChI=1S/C21H20N4OS/c1-14-12-15-6-2-5-9-18(15)24(14)20(26)13-27-21-23-17-8-4-3-7-16(17)19-10-11-22-25(19)21/h2-9,11,14,19H,10,12-13H2,1H3. The van der Waals surface area contributed by atoms with Crippen molar-refractivity contribution in [3.05, 3.63) is 59.7 Å². The molecule has 0 fully saturated rings. The highest BCUT2D eigenvalue weighted by atomic mass is 32.2. The van der Waals surface area contributed by atoms with Crippen LogP contribution < -0.4 is 4.90 Å². The van der Waals surface area contributed by atoms with Crippen LogP contribution in [-0.4, -0.2) is 34.1 Å². The van der Waals surface area contributed by atoms with Crippen LogP contribution in [0.25, 0.3) is 0 Å². The number of nitrogens with zero attached hydrogens (tertiary/aromatic N) is 4. The number of carbonyl (C=O) groups excluding carboxylic acids is 1. The minimum atomic E-state index is 0.124. The number of amides is 1. The molecule has 2 atom stereocenters. The second kappa shape index (κ2) is 6.53. The van der Waals surface area contributed by atoms with E-state index in [2.05, 4.69) is 24.2 Å². The maximum absolute atomic E-state index is 13.0. The van der Waals surface area contributed by atoms with E-state index in [1.807, 2.05) is 52.5 Å². The van der Waals surface area contributed by atoms with Gasteiger partial charge >= 0.3 is 0 Å². The van der Waals surface area contributed by atoms with Gasteiger partial charge in [0.05, 0.1) is 17.5 Å². The molecule has 2 unspecified atom stereocenters. The molecule has 3 heterocycles. The highest BCUT2D eigenvalue weighted by Gasteiger charge is 2.34. The largest absolute Gasteiger partial charge is 0.308 e. The average Bonchev–Trinajstić information content (AvgIpc) is 3.30. The summed E-state index contributed by atoms with van der Waals surface area (Å²) in [5.41, 5.74) is 4.48. The van der Waals surface area contributed by atoms with Gasteiger partial charge in [-0.2, -0.15) is 5.10 Å². The lowest BCUT2D eigenvalue weighted by molar-refractivity contribution is -0.116. The number of fused-ring (bicyclic) bond motifs is 4. The number of anilines is 1. The van der Waals surface area contributed by atoms with Crippen molar-refractivity contribution in [3.8, 4) is 0 Å². The molecule has 2 aromatic rings. The Balaban J connectivity index is 1.36. The van der Waals surface area contributed by atoms with Gasteiger partial charge < -0.3 is 4.90 Å². The summed E-state index contributed by atoms with van der Waals surface area (Å²) in [6.07, 6.45) is 3.73. The molecule has 6 heteroatoms. The molecule has 0 bridgehead atoms. The zero-order chi connectivity index (χ0) is 18.4. The molecule has 0 saturated carbocycles. The molecule has 0 N–H and O–H groups in total. The van der Waals surface area contributed by atoms with Crippen molar-refractivity contribution < 1.29 is 4.79 Å². The Morgan fingerprint density at radius 2 is 2.00 bits per heavy atom. The third-order valence-electron chi connectivity index (χ3n) is 5.34. The minimum Gasteiger partial charge on any atom is -0.308 e. The van der Waals surface area contributed by atoms with Crippen molar-refractivity contribution in [3.63, 3.8) is 0 Å². The van der Waals surface area contributed by atoms with Crippen molar-refractivity contribution in [2.45, 2.75) is 31.8 Å². The zero-order valence-electron chi connectivity index (χ0n) is 15.1. The number of hydrogen-bond acceptors (Lipinski definition) is 5. The van der Waals surface area contributed by atoms with E-state index in [0.717, 1.165) is 29.4 Å². The number of aliphatic imine (C=N–C) groups is 1. The van der Waals surface area contributed by atoms with Crippen LogP contribution in [-0.2, 0) is 11.2 Å². The summed E-state index contributed by atoms with van der Waals surface area (Å²) < 4.78 is 0. The Bertz CT molecular complexity index is 970. The molecule has 27 heavy (non-hydrogen) atoms. The number of hydrazone groups is 1. The normalized spacial score (nSPS) is 22.3. The van der Waals surface area contributed by atoms with E-state index in [1.54, 1.807) is 0 Å². The SMILES string of the molecule is CC1Cc2ccccc2N1C(=O)CSC1=Nc2ccccc2C2CC=NN12. The van der Waals surface area contributed by atoms with E-state index in [4.69, 9.17) is 4.99 Å². The van der Waals surface area contributed by atoms with Gasteiger partial charge in [-0.25, -0.2) is 10.0 Å². The molecule has 0 radical (unpaired) electrons. The van der Waals surface area contributed by atoms with Gasteiger partial charge in [-0.05, 0) is 31.0 Å². The molecule has 136 valence electrons. The summed E-state index contributed by atoms with van der Waals surface area (Å²) in [5.74, 6) is 0.483. The molecule has 5 nitrogen and oxygen atoms in total. The number of thioether (sulfide) groups is 1. The third-order valence-corrected chi connectivity index (χ3v) is 6.27. The van der Waals surface area contributed by atoms with Crippen LogP contribution in [0.4, 0.5) is 11.4 Å². The Kier molecular flexibility index (Phi) is 4.01. The van der Waals surface area contributed by atoms with E-state index in [9.17, 15) is 4.79 Å². The lowest BCUT2D eigenvalue weighted by Crippen LogP contribution is -2.38. The molecule has 5 rings (SSSR count). The van der Waals surface area contributed by atoms with Crippen molar-refractivity contribution in [1.29, 1.82) is 0 Å². The van der Waals surface area contributed by atoms with Gasteiger partial charge in [0.15, 0.2) is 5.17 Å². The first-order valence-corrected chi connectivity index (χ1v) is 10.2. The molecular weight excluding hydrogens is 356 g/mol. The molecule has 3 aliphatic heterocycles. The van der Waals surface area contributed by atoms with Crippen LogP contribution in [0.1, 0.15) is 30.5 Å². The number of hydrogen-bond donors (Lipinski definition) is 0. The van der Waals surface area contributed by atoms with Gasteiger partial charge in [-0.3, -0.25) is 4.79 Å². The summed E-state index contributed by atoms with van der Waals surface area (Å²) in [5, 5.41) is 7.26. The molecule has 0 aromatic heterocycles.